The number of nitrogens with one attached hydrogen (secondary N) is 2. The minimum absolute atomic E-state index is 0.0767. The number of nitrogens with zero attached hydrogens (tertiary/aromatic N) is 1. The van der Waals surface area contributed by atoms with Gasteiger partial charge >= 0.3 is 0 Å². The zero-order valence-corrected chi connectivity index (χ0v) is 19.0. The Bertz CT molecular complexity index is 940. The number of hydrogen-bond acceptors (Lipinski definition) is 4. The molecule has 0 unspecified atom stereocenters. The summed E-state index contributed by atoms with van der Waals surface area (Å²) in [4.78, 5) is 27.2. The summed E-state index contributed by atoms with van der Waals surface area (Å²) in [7, 11) is 3.72. The molecule has 1 aliphatic carbocycles. The maximum atomic E-state index is 13.0. The van der Waals surface area contributed by atoms with E-state index >= 15 is 0 Å². The van der Waals surface area contributed by atoms with Crippen molar-refractivity contribution in [2.45, 2.75) is 31.7 Å². The Morgan fingerprint density at radius 1 is 1.00 bits per heavy atom. The van der Waals surface area contributed by atoms with Crippen LogP contribution in [0.4, 0.5) is 0 Å². The Hall–Kier alpha value is -2.86. The highest BCUT2D eigenvalue weighted by molar-refractivity contribution is 5.81. The molecule has 32 heavy (non-hydrogen) atoms. The van der Waals surface area contributed by atoms with Gasteiger partial charge in [0.25, 0.3) is 0 Å². The number of likely N-dealkylation sites (tertiary alicyclic amines) is 1. The molecule has 1 saturated carbocycles. The molecule has 0 aromatic heterocycles. The summed E-state index contributed by atoms with van der Waals surface area (Å²) in [6, 6.07) is 16.3. The summed E-state index contributed by atoms with van der Waals surface area (Å²) >= 11 is 0. The number of amides is 2. The van der Waals surface area contributed by atoms with Gasteiger partial charge in [0.15, 0.2) is 0 Å². The van der Waals surface area contributed by atoms with E-state index in [1.807, 2.05) is 36.4 Å². The zero-order valence-electron chi connectivity index (χ0n) is 19.0. The Kier molecular flexibility index (Phi) is 7.10. The van der Waals surface area contributed by atoms with E-state index in [9.17, 15) is 9.59 Å². The number of methoxy groups -OCH3 is 1. The second-order valence-electron chi connectivity index (χ2n) is 9.06. The number of carbonyl (C=O) groups excluding carboxylic acids is 2. The zero-order chi connectivity index (χ0) is 22.5. The van der Waals surface area contributed by atoms with Gasteiger partial charge in [0, 0.05) is 38.0 Å². The van der Waals surface area contributed by atoms with Crippen molar-refractivity contribution < 1.29 is 14.3 Å². The lowest BCUT2D eigenvalue weighted by molar-refractivity contribution is -0.125. The van der Waals surface area contributed by atoms with Gasteiger partial charge in [-0.05, 0) is 55.1 Å². The van der Waals surface area contributed by atoms with Crippen molar-refractivity contribution in [2.75, 3.05) is 33.8 Å². The summed E-state index contributed by atoms with van der Waals surface area (Å²) < 4.78 is 5.20. The highest BCUT2D eigenvalue weighted by Crippen LogP contribution is 2.33. The van der Waals surface area contributed by atoms with Crippen LogP contribution in [0.1, 0.15) is 35.4 Å². The van der Waals surface area contributed by atoms with E-state index < -0.39 is 0 Å². The maximum absolute atomic E-state index is 13.0. The molecule has 1 heterocycles. The summed E-state index contributed by atoms with van der Waals surface area (Å²) in [5, 5.41) is 6.18. The molecule has 6 nitrogen and oxygen atoms in total. The summed E-state index contributed by atoms with van der Waals surface area (Å²) in [6.45, 7) is 2.77. The van der Waals surface area contributed by atoms with Gasteiger partial charge in [-0.2, -0.15) is 0 Å². The third-order valence-corrected chi connectivity index (χ3v) is 6.51. The van der Waals surface area contributed by atoms with Crippen molar-refractivity contribution in [3.8, 4) is 5.75 Å². The molecule has 0 spiro atoms. The number of hydrogen-bond donors (Lipinski definition) is 2. The molecule has 1 saturated heterocycles. The van der Waals surface area contributed by atoms with Gasteiger partial charge in [-0.3, -0.25) is 9.59 Å². The predicted octanol–water partition coefficient (Wildman–Crippen LogP) is 2.73. The van der Waals surface area contributed by atoms with Crippen LogP contribution in [-0.2, 0) is 22.6 Å². The SMILES string of the molecule is COc1ccc(CCNC(=O)[C@@H]2CN(C)C[C@H]2c2cccc(CNC(=O)C3CC3)c2)cc1. The average Bonchev–Trinajstić information content (AvgIpc) is 3.59. The van der Waals surface area contributed by atoms with Gasteiger partial charge in [0.2, 0.25) is 11.8 Å². The fourth-order valence-corrected chi connectivity index (χ4v) is 4.47. The predicted molar refractivity (Wildman–Crippen MR) is 124 cm³/mol. The van der Waals surface area contributed by atoms with Crippen LogP contribution < -0.4 is 15.4 Å². The lowest BCUT2D eigenvalue weighted by atomic mass is 9.87. The number of ether oxygens (including phenoxy) is 1. The molecular formula is C26H33N3O3. The fourth-order valence-electron chi connectivity index (χ4n) is 4.47. The first kappa shape index (κ1) is 22.3. The lowest BCUT2D eigenvalue weighted by Gasteiger charge is -2.19. The van der Waals surface area contributed by atoms with Crippen LogP contribution in [0.3, 0.4) is 0 Å². The third-order valence-electron chi connectivity index (χ3n) is 6.51. The first-order valence-corrected chi connectivity index (χ1v) is 11.5. The van der Waals surface area contributed by atoms with Crippen molar-refractivity contribution in [1.29, 1.82) is 0 Å². The summed E-state index contributed by atoms with van der Waals surface area (Å²) in [5.41, 5.74) is 3.43. The van der Waals surface area contributed by atoms with Gasteiger partial charge in [0.05, 0.1) is 13.0 Å². The molecule has 4 rings (SSSR count). The Morgan fingerprint density at radius 2 is 1.78 bits per heavy atom. The van der Waals surface area contributed by atoms with Gasteiger partial charge < -0.3 is 20.3 Å². The van der Waals surface area contributed by atoms with Gasteiger partial charge in [0.1, 0.15) is 5.75 Å². The van der Waals surface area contributed by atoms with E-state index in [-0.39, 0.29) is 29.6 Å². The topological polar surface area (TPSA) is 70.7 Å². The van der Waals surface area contributed by atoms with E-state index in [0.717, 1.165) is 43.7 Å². The average molecular weight is 436 g/mol. The van der Waals surface area contributed by atoms with Gasteiger partial charge in [-0.15, -0.1) is 0 Å². The molecule has 170 valence electrons. The first-order chi connectivity index (χ1) is 15.5. The van der Waals surface area contributed by atoms with Crippen molar-refractivity contribution in [3.05, 3.63) is 65.2 Å². The lowest BCUT2D eigenvalue weighted by Crippen LogP contribution is -2.35. The van der Waals surface area contributed by atoms with E-state index in [4.69, 9.17) is 4.74 Å². The smallest absolute Gasteiger partial charge is 0.225 e. The molecule has 2 aliphatic rings. The highest BCUT2D eigenvalue weighted by Gasteiger charge is 2.37. The number of benzene rings is 2. The first-order valence-electron chi connectivity index (χ1n) is 11.5. The van der Waals surface area contributed by atoms with E-state index in [1.54, 1.807) is 7.11 Å². The molecule has 1 aliphatic heterocycles. The molecule has 2 atom stereocenters. The van der Waals surface area contributed by atoms with E-state index in [1.165, 1.54) is 11.1 Å². The molecule has 0 radical (unpaired) electrons. The molecule has 2 amide bonds. The normalized spacial score (nSPS) is 20.7. The maximum Gasteiger partial charge on any atom is 0.225 e. The van der Waals surface area contributed by atoms with E-state index in [2.05, 4.69) is 34.7 Å². The van der Waals surface area contributed by atoms with Gasteiger partial charge in [-0.1, -0.05) is 36.4 Å². The molecule has 2 aromatic carbocycles. The molecular weight excluding hydrogens is 402 g/mol. The Labute approximate surface area is 190 Å². The van der Waals surface area contributed by atoms with Gasteiger partial charge in [-0.25, -0.2) is 0 Å². The van der Waals surface area contributed by atoms with Crippen LogP contribution in [0, 0.1) is 11.8 Å². The third kappa shape index (κ3) is 5.68. The molecule has 2 aromatic rings. The second kappa shape index (κ2) is 10.2. The van der Waals surface area contributed by atoms with Crippen LogP contribution in [-0.4, -0.2) is 50.5 Å². The summed E-state index contributed by atoms with van der Waals surface area (Å²) in [6.07, 6.45) is 2.81. The molecule has 2 N–H and O–H groups in total. The van der Waals surface area contributed by atoms with Crippen LogP contribution >= 0.6 is 0 Å². The minimum atomic E-state index is -0.0767. The molecule has 0 bridgehead atoms. The highest BCUT2D eigenvalue weighted by atomic mass is 16.5. The quantitative estimate of drug-likeness (QED) is 0.635. The van der Waals surface area contributed by atoms with Crippen molar-refractivity contribution in [3.63, 3.8) is 0 Å². The van der Waals surface area contributed by atoms with Crippen LogP contribution in [0.25, 0.3) is 0 Å². The number of carbonyl (C=O) groups is 2. The number of likely N-dealkylation sites (N-methyl/N-ethyl adjacent to an activating group) is 1. The van der Waals surface area contributed by atoms with Crippen molar-refractivity contribution in [2.24, 2.45) is 11.8 Å². The fraction of sp³-hybridized carbons (Fsp3) is 0.462. The number of rotatable bonds is 9. The Morgan fingerprint density at radius 3 is 2.50 bits per heavy atom. The molecule has 6 heteroatoms. The van der Waals surface area contributed by atoms with Crippen LogP contribution in [0.15, 0.2) is 48.5 Å². The summed E-state index contributed by atoms with van der Waals surface area (Å²) in [5.74, 6) is 1.40. The van der Waals surface area contributed by atoms with Crippen LogP contribution in [0.2, 0.25) is 0 Å². The largest absolute Gasteiger partial charge is 0.497 e. The van der Waals surface area contributed by atoms with Crippen molar-refractivity contribution in [1.82, 2.24) is 15.5 Å². The van der Waals surface area contributed by atoms with Crippen molar-refractivity contribution >= 4 is 11.8 Å². The van der Waals surface area contributed by atoms with E-state index in [0.29, 0.717) is 13.1 Å². The molecule has 2 fully saturated rings. The minimum Gasteiger partial charge on any atom is -0.497 e. The Balaban J connectivity index is 1.34. The van der Waals surface area contributed by atoms with Crippen LogP contribution in [0.5, 0.6) is 5.75 Å². The standard InChI is InChI=1S/C26H33N3O3/c1-29-16-23(21-5-3-4-19(14-21)15-28-25(30)20-8-9-20)24(17-29)26(31)27-13-12-18-6-10-22(32-2)11-7-18/h3-7,10-11,14,20,23-24H,8-9,12-13,15-17H2,1-2H3,(H,27,31)(H,28,30)/t23-,24+/m0/s1. The second-order valence-corrected chi connectivity index (χ2v) is 9.06. The monoisotopic (exact) mass is 435 g/mol.